The van der Waals surface area contributed by atoms with Gasteiger partial charge in [0, 0.05) is 5.56 Å². The van der Waals surface area contributed by atoms with Gasteiger partial charge in [0.05, 0.1) is 34.3 Å². The molecule has 2 amide bonds. The maximum absolute atomic E-state index is 15.0. The van der Waals surface area contributed by atoms with Crippen molar-refractivity contribution in [3.63, 3.8) is 0 Å². The van der Waals surface area contributed by atoms with Gasteiger partial charge in [-0.2, -0.15) is 18.3 Å². The lowest BCUT2D eigenvalue weighted by Gasteiger charge is -2.18. The van der Waals surface area contributed by atoms with E-state index in [1.807, 2.05) is 0 Å². The number of anilines is 3. The van der Waals surface area contributed by atoms with Crippen LogP contribution in [-0.4, -0.2) is 37.1 Å². The number of nitrogens with one attached hydrogen (secondary N) is 2. The number of alkyl halides is 3. The zero-order valence-corrected chi connectivity index (χ0v) is 18.4. The van der Waals surface area contributed by atoms with Crippen LogP contribution < -0.4 is 16.4 Å². The number of carbonyl (C=O) groups excluding carboxylic acids is 1. The van der Waals surface area contributed by atoms with Gasteiger partial charge in [-0.1, -0.05) is 11.2 Å². The van der Waals surface area contributed by atoms with Crippen LogP contribution in [0.4, 0.5) is 39.7 Å². The van der Waals surface area contributed by atoms with Gasteiger partial charge < -0.3 is 15.6 Å². The minimum Gasteiger partial charge on any atom is -0.383 e. The molecule has 0 unspecified atom stereocenters. The number of amides is 2. The molecule has 0 radical (unpaired) electrons. The van der Waals surface area contributed by atoms with Crippen molar-refractivity contribution < 1.29 is 26.9 Å². The average molecular weight is 502 g/mol. The van der Waals surface area contributed by atoms with E-state index in [2.05, 4.69) is 30.9 Å². The predicted molar refractivity (Wildman–Crippen MR) is 120 cm³/mol. The fraction of sp³-hybridized carbons (Fsp3) is 0.318. The Balaban J connectivity index is 1.24. The zero-order chi connectivity index (χ0) is 25.2. The second-order valence-corrected chi connectivity index (χ2v) is 8.90. The summed E-state index contributed by atoms with van der Waals surface area (Å²) in [5, 5.41) is 12.9. The van der Waals surface area contributed by atoms with Gasteiger partial charge in [-0.15, -0.1) is 0 Å². The van der Waals surface area contributed by atoms with Crippen LogP contribution in [0, 0.1) is 5.82 Å². The molecule has 4 aromatic rings. The van der Waals surface area contributed by atoms with Crippen molar-refractivity contribution in [3.8, 4) is 11.3 Å². The van der Waals surface area contributed by atoms with Gasteiger partial charge in [0.15, 0.2) is 5.65 Å². The van der Waals surface area contributed by atoms with E-state index in [1.54, 1.807) is 4.68 Å². The van der Waals surface area contributed by atoms with E-state index >= 15 is 0 Å². The Hall–Kier alpha value is -4.23. The number of aromatic nitrogens is 5. The number of hydrogen-bond acceptors (Lipinski definition) is 7. The summed E-state index contributed by atoms with van der Waals surface area (Å²) in [4.78, 5) is 20.7. The van der Waals surface area contributed by atoms with Gasteiger partial charge in [-0.05, 0) is 37.8 Å². The fourth-order valence-electron chi connectivity index (χ4n) is 4.29. The standard InChI is InChI=1S/C22H18F4N8O2/c23-13-7-10(16-15-17(27)28-9-29-18(15)34(33-16)11-2-3-11)1-4-14(13)31-20(35)32-19-12(8-30-36-19)21(5-6-21)22(24,25)26/h1,4,7-9,11H,2-3,5-6H2,(H2,27,28,29)(H2,31,32,35). The highest BCUT2D eigenvalue weighted by molar-refractivity contribution is 6.01. The summed E-state index contributed by atoms with van der Waals surface area (Å²) in [6.45, 7) is 0. The average Bonchev–Trinajstić information content (AvgIpc) is 3.74. The summed E-state index contributed by atoms with van der Waals surface area (Å²) in [7, 11) is 0. The first-order valence-electron chi connectivity index (χ1n) is 11.1. The van der Waals surface area contributed by atoms with Crippen molar-refractivity contribution in [2.75, 3.05) is 16.4 Å². The Morgan fingerprint density at radius 3 is 2.64 bits per heavy atom. The lowest BCUT2D eigenvalue weighted by atomic mass is 9.98. The molecule has 3 aromatic heterocycles. The van der Waals surface area contributed by atoms with Crippen LogP contribution in [0.2, 0.25) is 0 Å². The molecule has 1 aromatic carbocycles. The number of rotatable bonds is 5. The number of halogens is 4. The zero-order valence-electron chi connectivity index (χ0n) is 18.4. The molecule has 2 aliphatic rings. The van der Waals surface area contributed by atoms with E-state index in [1.165, 1.54) is 24.5 Å². The van der Waals surface area contributed by atoms with Crippen LogP contribution in [0.1, 0.15) is 37.3 Å². The van der Waals surface area contributed by atoms with Crippen molar-refractivity contribution >= 4 is 34.5 Å². The Bertz CT molecular complexity index is 1500. The molecule has 2 aliphatic carbocycles. The Kier molecular flexibility index (Phi) is 4.72. The van der Waals surface area contributed by atoms with E-state index in [4.69, 9.17) is 10.3 Å². The van der Waals surface area contributed by atoms with Gasteiger partial charge in [0.25, 0.3) is 0 Å². The van der Waals surface area contributed by atoms with E-state index in [-0.39, 0.29) is 36.0 Å². The fourth-order valence-corrected chi connectivity index (χ4v) is 4.29. The van der Waals surface area contributed by atoms with Crippen LogP contribution in [0.5, 0.6) is 0 Å². The van der Waals surface area contributed by atoms with Gasteiger partial charge in [0.1, 0.15) is 23.7 Å². The number of nitrogens with zero attached hydrogens (tertiary/aromatic N) is 5. The lowest BCUT2D eigenvalue weighted by molar-refractivity contribution is -0.160. The molecule has 2 saturated carbocycles. The van der Waals surface area contributed by atoms with Crippen molar-refractivity contribution in [1.82, 2.24) is 24.9 Å². The van der Waals surface area contributed by atoms with Gasteiger partial charge in [-0.3, -0.25) is 5.32 Å². The van der Waals surface area contributed by atoms with Crippen molar-refractivity contribution in [1.29, 1.82) is 0 Å². The molecule has 3 heterocycles. The lowest BCUT2D eigenvalue weighted by Crippen LogP contribution is -2.30. The van der Waals surface area contributed by atoms with Gasteiger partial charge in [-0.25, -0.2) is 23.8 Å². The third-order valence-electron chi connectivity index (χ3n) is 6.51. The number of nitrogen functional groups attached to an aromatic ring is 1. The maximum atomic E-state index is 15.0. The molecule has 0 saturated heterocycles. The highest BCUT2D eigenvalue weighted by Crippen LogP contribution is 2.60. The highest BCUT2D eigenvalue weighted by atomic mass is 19.4. The predicted octanol–water partition coefficient (Wildman–Crippen LogP) is 4.78. The summed E-state index contributed by atoms with van der Waals surface area (Å²) in [6, 6.07) is 3.22. The summed E-state index contributed by atoms with van der Waals surface area (Å²) in [6.07, 6.45) is -0.610. The first-order valence-corrected chi connectivity index (χ1v) is 11.1. The molecule has 2 fully saturated rings. The quantitative estimate of drug-likeness (QED) is 0.334. The summed E-state index contributed by atoms with van der Waals surface area (Å²) in [5.74, 6) is -1.02. The number of fused-ring (bicyclic) bond motifs is 1. The molecule has 0 spiro atoms. The minimum atomic E-state index is -4.52. The van der Waals surface area contributed by atoms with E-state index < -0.39 is 29.3 Å². The van der Waals surface area contributed by atoms with E-state index in [0.29, 0.717) is 22.3 Å². The molecule has 186 valence electrons. The molecule has 0 atom stereocenters. The molecular formula is C22H18F4N8O2. The Morgan fingerprint density at radius 1 is 1.19 bits per heavy atom. The van der Waals surface area contributed by atoms with Crippen molar-refractivity contribution in [3.05, 3.63) is 42.1 Å². The summed E-state index contributed by atoms with van der Waals surface area (Å²) in [5.41, 5.74) is 4.83. The van der Waals surface area contributed by atoms with Crippen LogP contribution in [0.25, 0.3) is 22.3 Å². The summed E-state index contributed by atoms with van der Waals surface area (Å²) < 4.78 is 61.9. The van der Waals surface area contributed by atoms with Crippen molar-refractivity contribution in [2.45, 2.75) is 43.3 Å². The third-order valence-corrected chi connectivity index (χ3v) is 6.51. The van der Waals surface area contributed by atoms with E-state index in [0.717, 1.165) is 19.0 Å². The molecule has 14 heteroatoms. The van der Waals surface area contributed by atoms with Crippen molar-refractivity contribution in [2.24, 2.45) is 0 Å². The SMILES string of the molecule is Nc1ncnc2c1c(-c1ccc(NC(=O)Nc3oncc3C3(C(F)(F)F)CC3)c(F)c1)nn2C1CC1. The number of urea groups is 1. The Morgan fingerprint density at radius 2 is 1.97 bits per heavy atom. The molecule has 4 N–H and O–H groups in total. The van der Waals surface area contributed by atoms with Crippen LogP contribution in [0.3, 0.4) is 0 Å². The Labute approximate surface area is 199 Å². The maximum Gasteiger partial charge on any atom is 0.398 e. The number of benzene rings is 1. The van der Waals surface area contributed by atoms with Crippen LogP contribution in [-0.2, 0) is 5.41 Å². The van der Waals surface area contributed by atoms with Gasteiger partial charge in [0.2, 0.25) is 5.88 Å². The normalized spacial score (nSPS) is 16.8. The minimum absolute atomic E-state index is 0.134. The molecule has 0 bridgehead atoms. The molecule has 10 nitrogen and oxygen atoms in total. The smallest absolute Gasteiger partial charge is 0.383 e. The molecule has 0 aliphatic heterocycles. The first-order chi connectivity index (χ1) is 17.2. The molecule has 36 heavy (non-hydrogen) atoms. The third kappa shape index (κ3) is 3.51. The second kappa shape index (κ2) is 7.63. The van der Waals surface area contributed by atoms with Crippen LogP contribution in [0.15, 0.2) is 35.2 Å². The summed E-state index contributed by atoms with van der Waals surface area (Å²) >= 11 is 0. The monoisotopic (exact) mass is 502 g/mol. The van der Waals surface area contributed by atoms with Crippen LogP contribution >= 0.6 is 0 Å². The topological polar surface area (TPSA) is 137 Å². The first kappa shape index (κ1) is 22.2. The molecular weight excluding hydrogens is 484 g/mol. The number of nitrogens with two attached hydrogens (primary N) is 1. The largest absolute Gasteiger partial charge is 0.398 e. The van der Waals surface area contributed by atoms with Gasteiger partial charge >= 0.3 is 12.2 Å². The molecule has 6 rings (SSSR count). The second-order valence-electron chi connectivity index (χ2n) is 8.90. The number of hydrogen-bond donors (Lipinski definition) is 3. The van der Waals surface area contributed by atoms with E-state index in [9.17, 15) is 22.4 Å². The number of carbonyl (C=O) groups is 1. The highest BCUT2D eigenvalue weighted by Gasteiger charge is 2.66.